The van der Waals surface area contributed by atoms with Crippen LogP contribution in [0.4, 0.5) is 0 Å². The standard InChI is InChI=1S/C14H14O3/c1-2-16-13-7-3-11(4-8-13)12-5-9-14(17-15)10-6-12/h3-10,15H,2H2,1H3. The average molecular weight is 230 g/mol. The molecule has 0 saturated carbocycles. The summed E-state index contributed by atoms with van der Waals surface area (Å²) in [6, 6.07) is 15.1. The number of hydrogen-bond acceptors (Lipinski definition) is 3. The zero-order valence-electron chi connectivity index (χ0n) is 9.59. The van der Waals surface area contributed by atoms with Gasteiger partial charge >= 0.3 is 0 Å². The second-order valence-corrected chi connectivity index (χ2v) is 3.57. The van der Waals surface area contributed by atoms with Gasteiger partial charge in [-0.05, 0) is 42.3 Å². The molecule has 17 heavy (non-hydrogen) atoms. The second-order valence-electron chi connectivity index (χ2n) is 3.57. The number of benzene rings is 2. The van der Waals surface area contributed by atoms with Crippen LogP contribution in [0.3, 0.4) is 0 Å². The van der Waals surface area contributed by atoms with E-state index in [1.165, 1.54) is 0 Å². The van der Waals surface area contributed by atoms with Crippen molar-refractivity contribution < 1.29 is 14.9 Å². The average Bonchev–Trinajstić information content (AvgIpc) is 2.40. The highest BCUT2D eigenvalue weighted by Gasteiger charge is 1.99. The van der Waals surface area contributed by atoms with Gasteiger partial charge in [0.05, 0.1) is 6.61 Å². The predicted octanol–water partition coefficient (Wildman–Crippen LogP) is 3.60. The molecule has 2 aromatic rings. The first-order valence-corrected chi connectivity index (χ1v) is 5.48. The van der Waals surface area contributed by atoms with E-state index in [9.17, 15) is 0 Å². The van der Waals surface area contributed by atoms with Crippen LogP contribution >= 0.6 is 0 Å². The van der Waals surface area contributed by atoms with Crippen LogP contribution in [0.25, 0.3) is 11.1 Å². The molecule has 0 amide bonds. The molecule has 0 atom stereocenters. The molecule has 2 rings (SSSR count). The molecule has 0 aliphatic rings. The van der Waals surface area contributed by atoms with E-state index in [4.69, 9.17) is 9.99 Å². The summed E-state index contributed by atoms with van der Waals surface area (Å²) in [5, 5.41) is 8.48. The smallest absolute Gasteiger partial charge is 0.165 e. The Morgan fingerprint density at radius 3 is 1.71 bits per heavy atom. The Hall–Kier alpha value is -2.00. The molecule has 0 saturated heterocycles. The van der Waals surface area contributed by atoms with Gasteiger partial charge in [0.15, 0.2) is 5.75 Å². The summed E-state index contributed by atoms with van der Waals surface area (Å²) in [4.78, 5) is 4.14. The lowest BCUT2D eigenvalue weighted by Gasteiger charge is -2.05. The van der Waals surface area contributed by atoms with Crippen LogP contribution in [-0.4, -0.2) is 11.9 Å². The molecule has 0 aromatic heterocycles. The van der Waals surface area contributed by atoms with Gasteiger partial charge in [-0.3, -0.25) is 0 Å². The maximum Gasteiger partial charge on any atom is 0.165 e. The van der Waals surface area contributed by atoms with E-state index in [-0.39, 0.29) is 0 Å². The lowest BCUT2D eigenvalue weighted by atomic mass is 10.1. The monoisotopic (exact) mass is 230 g/mol. The van der Waals surface area contributed by atoms with Crippen molar-refractivity contribution in [2.75, 3.05) is 6.61 Å². The highest BCUT2D eigenvalue weighted by molar-refractivity contribution is 5.64. The Kier molecular flexibility index (Phi) is 3.62. The molecule has 0 heterocycles. The zero-order chi connectivity index (χ0) is 12.1. The molecular formula is C14H14O3. The summed E-state index contributed by atoms with van der Waals surface area (Å²) in [5.74, 6) is 1.30. The molecule has 2 aromatic carbocycles. The minimum atomic E-state index is 0.430. The molecule has 0 aliphatic heterocycles. The molecular weight excluding hydrogens is 216 g/mol. The highest BCUT2D eigenvalue weighted by Crippen LogP contribution is 2.24. The first-order valence-electron chi connectivity index (χ1n) is 5.48. The van der Waals surface area contributed by atoms with Gasteiger partial charge in [-0.25, -0.2) is 5.26 Å². The van der Waals surface area contributed by atoms with E-state index in [0.29, 0.717) is 12.4 Å². The molecule has 0 fully saturated rings. The SMILES string of the molecule is CCOc1ccc(-c2ccc(OO)cc2)cc1. The van der Waals surface area contributed by atoms with E-state index in [2.05, 4.69) is 4.89 Å². The van der Waals surface area contributed by atoms with Gasteiger partial charge in [-0.2, -0.15) is 0 Å². The van der Waals surface area contributed by atoms with E-state index in [1.54, 1.807) is 12.1 Å². The summed E-state index contributed by atoms with van der Waals surface area (Å²) in [6.45, 7) is 2.63. The van der Waals surface area contributed by atoms with Crippen LogP contribution in [0, 0.1) is 0 Å². The molecule has 0 unspecified atom stereocenters. The van der Waals surface area contributed by atoms with Gasteiger partial charge in [-0.15, -0.1) is 0 Å². The van der Waals surface area contributed by atoms with Crippen LogP contribution < -0.4 is 9.62 Å². The van der Waals surface area contributed by atoms with E-state index < -0.39 is 0 Å². The lowest BCUT2D eigenvalue weighted by Crippen LogP contribution is -1.90. The summed E-state index contributed by atoms with van der Waals surface area (Å²) < 4.78 is 5.38. The highest BCUT2D eigenvalue weighted by atomic mass is 17.1. The Morgan fingerprint density at radius 1 is 0.824 bits per heavy atom. The third kappa shape index (κ3) is 2.77. The normalized spacial score (nSPS) is 10.0. The lowest BCUT2D eigenvalue weighted by molar-refractivity contribution is -0.137. The van der Waals surface area contributed by atoms with Crippen molar-refractivity contribution in [3.8, 4) is 22.6 Å². The molecule has 0 spiro atoms. The summed E-state index contributed by atoms with van der Waals surface area (Å²) in [7, 11) is 0. The number of hydrogen-bond donors (Lipinski definition) is 1. The van der Waals surface area contributed by atoms with Gasteiger partial charge in [0.25, 0.3) is 0 Å². The topological polar surface area (TPSA) is 38.7 Å². The van der Waals surface area contributed by atoms with Crippen LogP contribution in [0.1, 0.15) is 6.92 Å². The van der Waals surface area contributed by atoms with Gasteiger partial charge in [0.2, 0.25) is 0 Å². The quantitative estimate of drug-likeness (QED) is 0.644. The fraction of sp³-hybridized carbons (Fsp3) is 0.143. The van der Waals surface area contributed by atoms with Gasteiger partial charge in [-0.1, -0.05) is 24.3 Å². The van der Waals surface area contributed by atoms with E-state index >= 15 is 0 Å². The largest absolute Gasteiger partial charge is 0.494 e. The first kappa shape index (κ1) is 11.5. The molecule has 88 valence electrons. The van der Waals surface area contributed by atoms with Crippen LogP contribution in [0.2, 0.25) is 0 Å². The summed E-state index contributed by atoms with van der Waals surface area (Å²) >= 11 is 0. The van der Waals surface area contributed by atoms with Crippen molar-refractivity contribution in [1.29, 1.82) is 0 Å². The Labute approximate surface area is 100 Å². The Bertz CT molecular complexity index is 460. The first-order chi connectivity index (χ1) is 8.33. The summed E-state index contributed by atoms with van der Waals surface area (Å²) in [5.41, 5.74) is 2.16. The zero-order valence-corrected chi connectivity index (χ0v) is 9.59. The number of ether oxygens (including phenoxy) is 1. The predicted molar refractivity (Wildman–Crippen MR) is 66.3 cm³/mol. The van der Waals surface area contributed by atoms with Crippen molar-refractivity contribution in [2.24, 2.45) is 0 Å². The third-order valence-electron chi connectivity index (χ3n) is 2.46. The minimum Gasteiger partial charge on any atom is -0.494 e. The van der Waals surface area contributed by atoms with Crippen molar-refractivity contribution in [1.82, 2.24) is 0 Å². The van der Waals surface area contributed by atoms with Crippen molar-refractivity contribution in [3.05, 3.63) is 48.5 Å². The van der Waals surface area contributed by atoms with E-state index in [0.717, 1.165) is 16.9 Å². The van der Waals surface area contributed by atoms with Gasteiger partial charge < -0.3 is 9.62 Å². The van der Waals surface area contributed by atoms with Crippen LogP contribution in [-0.2, 0) is 0 Å². The second kappa shape index (κ2) is 5.37. The molecule has 0 bridgehead atoms. The van der Waals surface area contributed by atoms with Gasteiger partial charge in [0, 0.05) is 0 Å². The Morgan fingerprint density at radius 2 is 1.29 bits per heavy atom. The molecule has 3 heteroatoms. The van der Waals surface area contributed by atoms with Crippen molar-refractivity contribution >= 4 is 0 Å². The molecule has 3 nitrogen and oxygen atoms in total. The van der Waals surface area contributed by atoms with Gasteiger partial charge in [0.1, 0.15) is 5.75 Å². The minimum absolute atomic E-state index is 0.430. The molecule has 1 N–H and O–H groups in total. The maximum atomic E-state index is 8.48. The maximum absolute atomic E-state index is 8.48. The fourth-order valence-electron chi connectivity index (χ4n) is 1.62. The third-order valence-corrected chi connectivity index (χ3v) is 2.46. The van der Waals surface area contributed by atoms with Crippen molar-refractivity contribution in [2.45, 2.75) is 6.92 Å². The molecule has 0 aliphatic carbocycles. The number of rotatable bonds is 4. The van der Waals surface area contributed by atoms with Crippen molar-refractivity contribution in [3.63, 3.8) is 0 Å². The van der Waals surface area contributed by atoms with Crippen LogP contribution in [0.15, 0.2) is 48.5 Å². The fourth-order valence-corrected chi connectivity index (χ4v) is 1.62. The molecule has 0 radical (unpaired) electrons. The summed E-state index contributed by atoms with van der Waals surface area (Å²) in [6.07, 6.45) is 0. The Balaban J connectivity index is 2.20. The van der Waals surface area contributed by atoms with Crippen LogP contribution in [0.5, 0.6) is 11.5 Å². The van der Waals surface area contributed by atoms with E-state index in [1.807, 2.05) is 43.3 Å².